The van der Waals surface area contributed by atoms with Gasteiger partial charge in [-0.1, -0.05) is 29.8 Å². The van der Waals surface area contributed by atoms with E-state index >= 15 is 0 Å². The van der Waals surface area contributed by atoms with Crippen molar-refractivity contribution >= 4 is 38.8 Å². The lowest BCUT2D eigenvalue weighted by Gasteiger charge is -2.33. The van der Waals surface area contributed by atoms with Gasteiger partial charge in [-0.25, -0.2) is 9.71 Å². The molecule has 2 aromatic rings. The number of halogens is 1. The van der Waals surface area contributed by atoms with Gasteiger partial charge in [-0.3, -0.25) is 0 Å². The van der Waals surface area contributed by atoms with Crippen molar-refractivity contribution < 1.29 is 8.42 Å². The van der Waals surface area contributed by atoms with Gasteiger partial charge in [0.1, 0.15) is 9.34 Å². The van der Waals surface area contributed by atoms with E-state index in [1.54, 1.807) is 6.20 Å². The fourth-order valence-corrected chi connectivity index (χ4v) is 6.24. The first-order chi connectivity index (χ1) is 11.5. The molecule has 24 heavy (non-hydrogen) atoms. The molecule has 1 spiro atoms. The molecule has 2 aliphatic rings. The molecule has 2 unspecified atom stereocenters. The Balaban J connectivity index is 1.89. The van der Waals surface area contributed by atoms with Gasteiger partial charge in [0.15, 0.2) is 0 Å². The van der Waals surface area contributed by atoms with Crippen LogP contribution in [0.25, 0.3) is 0 Å². The molecule has 128 valence electrons. The maximum atomic E-state index is 12.6. The minimum atomic E-state index is -3.57. The van der Waals surface area contributed by atoms with Gasteiger partial charge in [0, 0.05) is 31.2 Å². The fraction of sp³-hybridized carbons (Fsp3) is 0.400. The lowest BCUT2D eigenvalue weighted by molar-refractivity contribution is 0.316. The van der Waals surface area contributed by atoms with E-state index in [1.807, 2.05) is 18.2 Å². The van der Waals surface area contributed by atoms with E-state index in [1.165, 1.54) is 22.7 Å². The van der Waals surface area contributed by atoms with Crippen LogP contribution in [0.4, 0.5) is 5.69 Å². The molecule has 0 bridgehead atoms. The summed E-state index contributed by atoms with van der Waals surface area (Å²) < 4.78 is 29.7. The highest BCUT2D eigenvalue weighted by molar-refractivity contribution is 7.87. The third kappa shape index (κ3) is 2.28. The fourth-order valence-electron chi connectivity index (χ4n) is 3.87. The Kier molecular flexibility index (Phi) is 3.85. The van der Waals surface area contributed by atoms with Crippen molar-refractivity contribution in [2.75, 3.05) is 25.5 Å². The van der Waals surface area contributed by atoms with Crippen LogP contribution >= 0.6 is 22.9 Å². The summed E-state index contributed by atoms with van der Waals surface area (Å²) >= 11 is 7.43. The van der Waals surface area contributed by atoms with Crippen LogP contribution < -0.4 is 10.0 Å². The molecule has 0 saturated carbocycles. The number of anilines is 1. The molecule has 3 heterocycles. The van der Waals surface area contributed by atoms with Crippen LogP contribution in [0.5, 0.6) is 0 Å². The molecule has 6 nitrogen and oxygen atoms in total. The van der Waals surface area contributed by atoms with Gasteiger partial charge in [0.05, 0.1) is 12.2 Å². The van der Waals surface area contributed by atoms with Crippen LogP contribution in [0.15, 0.2) is 30.5 Å². The van der Waals surface area contributed by atoms with Crippen LogP contribution in [-0.2, 0) is 15.6 Å². The summed E-state index contributed by atoms with van der Waals surface area (Å²) in [6.07, 6.45) is 2.33. The van der Waals surface area contributed by atoms with Crippen molar-refractivity contribution in [3.05, 3.63) is 45.4 Å². The normalized spacial score (nSPS) is 26.7. The zero-order chi connectivity index (χ0) is 16.9. The second-order valence-corrected chi connectivity index (χ2v) is 9.55. The minimum Gasteiger partial charge on any atom is -0.384 e. The minimum absolute atomic E-state index is 0.332. The highest BCUT2D eigenvalue weighted by Crippen LogP contribution is 2.55. The monoisotopic (exact) mass is 384 g/mol. The van der Waals surface area contributed by atoms with Crippen molar-refractivity contribution in [1.82, 2.24) is 14.0 Å². The van der Waals surface area contributed by atoms with Crippen molar-refractivity contribution in [3.8, 4) is 0 Å². The molecule has 2 atom stereocenters. The molecule has 1 saturated heterocycles. The Bertz CT molecular complexity index is 885. The van der Waals surface area contributed by atoms with E-state index in [0.717, 1.165) is 22.7 Å². The van der Waals surface area contributed by atoms with Gasteiger partial charge in [0.25, 0.3) is 10.2 Å². The zero-order valence-corrected chi connectivity index (χ0v) is 15.4. The number of benzene rings is 1. The molecular weight excluding hydrogens is 368 g/mol. The SMILES string of the molecule is CNS(=O)(=O)N1CCC2(CNc3ccccc32)C1c1ncc(Cl)s1. The standard InChI is InChI=1S/C15H17ClN4O2S2/c1-17-24(21,22)20-7-6-15(13(20)14-18-8-12(16)23-14)9-19-11-5-3-2-4-10(11)15/h2-5,8,13,17,19H,6-7,9H2,1H3. The Morgan fingerprint density at radius 3 is 2.96 bits per heavy atom. The highest BCUT2D eigenvalue weighted by Gasteiger charge is 2.56. The summed E-state index contributed by atoms with van der Waals surface area (Å²) in [4.78, 5) is 4.41. The maximum absolute atomic E-state index is 12.6. The van der Waals surface area contributed by atoms with Gasteiger partial charge in [0.2, 0.25) is 0 Å². The third-order valence-electron chi connectivity index (χ3n) is 4.94. The maximum Gasteiger partial charge on any atom is 0.279 e. The average Bonchev–Trinajstić information content (AvgIpc) is 3.27. The van der Waals surface area contributed by atoms with E-state index in [4.69, 9.17) is 11.6 Å². The molecule has 0 amide bonds. The zero-order valence-electron chi connectivity index (χ0n) is 13.0. The summed E-state index contributed by atoms with van der Waals surface area (Å²) in [6.45, 7) is 1.13. The number of para-hydroxylation sites is 1. The molecule has 1 aromatic heterocycles. The Labute approximate surface area is 150 Å². The first-order valence-corrected chi connectivity index (χ1v) is 10.3. The van der Waals surface area contributed by atoms with Gasteiger partial charge in [-0.2, -0.15) is 12.7 Å². The molecule has 0 aliphatic carbocycles. The van der Waals surface area contributed by atoms with Crippen molar-refractivity contribution in [2.24, 2.45) is 0 Å². The van der Waals surface area contributed by atoms with Gasteiger partial charge < -0.3 is 5.32 Å². The average molecular weight is 385 g/mol. The molecular formula is C15H17ClN4O2S2. The predicted octanol–water partition coefficient (Wildman–Crippen LogP) is 2.37. The number of fused-ring (bicyclic) bond motifs is 2. The first kappa shape index (κ1) is 16.3. The summed E-state index contributed by atoms with van der Waals surface area (Å²) in [5, 5.41) is 4.16. The number of nitrogens with zero attached hydrogens (tertiary/aromatic N) is 2. The van der Waals surface area contributed by atoms with E-state index in [0.29, 0.717) is 17.4 Å². The molecule has 0 radical (unpaired) electrons. The first-order valence-electron chi connectivity index (χ1n) is 7.63. The number of thiazole rings is 1. The van der Waals surface area contributed by atoms with E-state index < -0.39 is 10.2 Å². The van der Waals surface area contributed by atoms with Crippen LogP contribution in [0.2, 0.25) is 4.34 Å². The number of hydrogen-bond acceptors (Lipinski definition) is 5. The summed E-state index contributed by atoms with van der Waals surface area (Å²) in [7, 11) is -2.14. The number of nitrogens with one attached hydrogen (secondary N) is 2. The highest BCUT2D eigenvalue weighted by atomic mass is 35.5. The molecule has 9 heteroatoms. The largest absolute Gasteiger partial charge is 0.384 e. The van der Waals surface area contributed by atoms with Crippen molar-refractivity contribution in [3.63, 3.8) is 0 Å². The van der Waals surface area contributed by atoms with Gasteiger partial charge in [-0.05, 0) is 18.1 Å². The second kappa shape index (κ2) is 5.67. The second-order valence-electron chi connectivity index (χ2n) is 6.03. The van der Waals surface area contributed by atoms with Crippen molar-refractivity contribution in [1.29, 1.82) is 0 Å². The van der Waals surface area contributed by atoms with Gasteiger partial charge in [-0.15, -0.1) is 11.3 Å². The molecule has 2 N–H and O–H groups in total. The third-order valence-corrected chi connectivity index (χ3v) is 7.64. The Hall–Kier alpha value is -1.19. The quantitative estimate of drug-likeness (QED) is 0.852. The van der Waals surface area contributed by atoms with Crippen LogP contribution in [-0.4, -0.2) is 37.8 Å². The Morgan fingerprint density at radius 1 is 1.46 bits per heavy atom. The summed E-state index contributed by atoms with van der Waals surface area (Å²) in [5.41, 5.74) is 1.88. The molecule has 1 fully saturated rings. The van der Waals surface area contributed by atoms with Crippen molar-refractivity contribution in [2.45, 2.75) is 17.9 Å². The lowest BCUT2D eigenvalue weighted by Crippen LogP contribution is -2.43. The number of rotatable bonds is 3. The summed E-state index contributed by atoms with van der Waals surface area (Å²) in [6, 6.07) is 7.72. The molecule has 1 aromatic carbocycles. The van der Waals surface area contributed by atoms with E-state index in [2.05, 4.69) is 21.1 Å². The smallest absolute Gasteiger partial charge is 0.279 e. The van der Waals surface area contributed by atoms with Crippen LogP contribution in [0, 0.1) is 0 Å². The van der Waals surface area contributed by atoms with Gasteiger partial charge >= 0.3 is 0 Å². The Morgan fingerprint density at radius 2 is 2.25 bits per heavy atom. The predicted molar refractivity (Wildman–Crippen MR) is 95.8 cm³/mol. The lowest BCUT2D eigenvalue weighted by atomic mass is 9.76. The molecule has 4 rings (SSSR count). The topological polar surface area (TPSA) is 74.3 Å². The van der Waals surface area contributed by atoms with Crippen LogP contribution in [0.1, 0.15) is 23.0 Å². The van der Waals surface area contributed by atoms with E-state index in [-0.39, 0.29) is 11.5 Å². The van der Waals surface area contributed by atoms with Crippen LogP contribution in [0.3, 0.4) is 0 Å². The molecule has 2 aliphatic heterocycles. The number of aromatic nitrogens is 1. The van der Waals surface area contributed by atoms with E-state index in [9.17, 15) is 8.42 Å². The summed E-state index contributed by atoms with van der Waals surface area (Å²) in [5.74, 6) is 0. The number of hydrogen-bond donors (Lipinski definition) is 2.